The van der Waals surface area contributed by atoms with Gasteiger partial charge in [-0.1, -0.05) is 30.7 Å². The molecule has 0 aliphatic carbocycles. The minimum atomic E-state index is -0.412. The highest BCUT2D eigenvalue weighted by Crippen LogP contribution is 2.25. The summed E-state index contributed by atoms with van der Waals surface area (Å²) in [5.41, 5.74) is 0.922. The topological polar surface area (TPSA) is 23.5 Å². The van der Waals surface area contributed by atoms with E-state index in [1.54, 1.807) is 0 Å². The number of benzene rings is 1. The number of hydrogen-bond acceptors (Lipinski definition) is 2. The third-order valence-corrected chi connectivity index (χ3v) is 4.43. The Morgan fingerprint density at radius 3 is 2.89 bits per heavy atom. The van der Waals surface area contributed by atoms with E-state index >= 15 is 0 Å². The van der Waals surface area contributed by atoms with Gasteiger partial charge in [0.05, 0.1) is 6.10 Å². The first-order valence-electron chi connectivity index (χ1n) is 7.24. The molecule has 3 unspecified atom stereocenters. The van der Waals surface area contributed by atoms with E-state index in [0.29, 0.717) is 11.1 Å². The van der Waals surface area contributed by atoms with Gasteiger partial charge in [-0.3, -0.25) is 0 Å². The number of halogens is 1. The van der Waals surface area contributed by atoms with Gasteiger partial charge in [0.2, 0.25) is 0 Å². The lowest BCUT2D eigenvalue weighted by atomic mass is 9.93. The third-order valence-electron chi connectivity index (χ3n) is 4.20. The number of nitrogens with zero attached hydrogens (tertiary/aromatic N) is 1. The second-order valence-corrected chi connectivity index (χ2v) is 6.31. The first-order valence-corrected chi connectivity index (χ1v) is 7.61. The summed E-state index contributed by atoms with van der Waals surface area (Å²) in [6.07, 6.45) is 2.91. The molecule has 2 nitrogen and oxygen atoms in total. The molecule has 0 amide bonds. The molecule has 0 bridgehead atoms. The van der Waals surface area contributed by atoms with Crippen molar-refractivity contribution in [2.24, 2.45) is 5.92 Å². The van der Waals surface area contributed by atoms with Crippen LogP contribution in [0.3, 0.4) is 0 Å². The molecule has 1 fully saturated rings. The number of hydrogen-bond donors (Lipinski definition) is 1. The van der Waals surface area contributed by atoms with Crippen LogP contribution in [0.15, 0.2) is 24.3 Å². The fraction of sp³-hybridized carbons (Fsp3) is 0.625. The van der Waals surface area contributed by atoms with Crippen molar-refractivity contribution in [1.82, 2.24) is 4.90 Å². The van der Waals surface area contributed by atoms with Crippen LogP contribution in [-0.2, 0) is 0 Å². The molecule has 0 saturated carbocycles. The van der Waals surface area contributed by atoms with Gasteiger partial charge < -0.3 is 10.0 Å². The molecule has 3 atom stereocenters. The Morgan fingerprint density at radius 2 is 2.21 bits per heavy atom. The summed E-state index contributed by atoms with van der Waals surface area (Å²) in [7, 11) is 0. The Morgan fingerprint density at radius 1 is 1.42 bits per heavy atom. The maximum atomic E-state index is 10.2. The summed E-state index contributed by atoms with van der Waals surface area (Å²) in [5.74, 6) is 0.837. The van der Waals surface area contributed by atoms with Crippen molar-refractivity contribution in [1.29, 1.82) is 0 Å². The SMILES string of the molecule is CC1CCN(CCC(O)c2cccc(Cl)c2)C(C)C1. The molecule has 0 radical (unpaired) electrons. The zero-order valence-corrected chi connectivity index (χ0v) is 12.6. The van der Waals surface area contributed by atoms with Crippen LogP contribution in [0.2, 0.25) is 5.02 Å². The van der Waals surface area contributed by atoms with Crippen molar-refractivity contribution in [3.8, 4) is 0 Å². The van der Waals surface area contributed by atoms with E-state index in [1.165, 1.54) is 12.8 Å². The molecular weight excluding hydrogens is 258 g/mol. The predicted molar refractivity (Wildman–Crippen MR) is 80.5 cm³/mol. The summed E-state index contributed by atoms with van der Waals surface area (Å²) >= 11 is 5.96. The highest BCUT2D eigenvalue weighted by molar-refractivity contribution is 6.30. The molecule has 1 heterocycles. The molecule has 1 aliphatic heterocycles. The number of rotatable bonds is 4. The van der Waals surface area contributed by atoms with E-state index < -0.39 is 6.10 Å². The van der Waals surface area contributed by atoms with Gasteiger partial charge in [-0.2, -0.15) is 0 Å². The van der Waals surface area contributed by atoms with Crippen LogP contribution < -0.4 is 0 Å². The van der Waals surface area contributed by atoms with Crippen molar-refractivity contribution in [3.05, 3.63) is 34.9 Å². The zero-order chi connectivity index (χ0) is 13.8. The second kappa shape index (κ2) is 6.74. The van der Waals surface area contributed by atoms with Gasteiger partial charge >= 0.3 is 0 Å². The van der Waals surface area contributed by atoms with Gasteiger partial charge in [-0.25, -0.2) is 0 Å². The largest absolute Gasteiger partial charge is 0.388 e. The average Bonchev–Trinajstić information content (AvgIpc) is 2.37. The van der Waals surface area contributed by atoms with Crippen molar-refractivity contribution in [2.75, 3.05) is 13.1 Å². The van der Waals surface area contributed by atoms with Crippen LogP contribution in [-0.4, -0.2) is 29.1 Å². The van der Waals surface area contributed by atoms with E-state index in [1.807, 2.05) is 24.3 Å². The summed E-state index contributed by atoms with van der Waals surface area (Å²) in [6, 6.07) is 8.17. The molecule has 1 aromatic carbocycles. The van der Waals surface area contributed by atoms with Gasteiger partial charge in [-0.05, 0) is 56.3 Å². The molecule has 19 heavy (non-hydrogen) atoms. The maximum absolute atomic E-state index is 10.2. The van der Waals surface area contributed by atoms with Crippen molar-refractivity contribution in [3.63, 3.8) is 0 Å². The quantitative estimate of drug-likeness (QED) is 0.905. The molecule has 1 aliphatic rings. The number of aliphatic hydroxyl groups is 1. The lowest BCUT2D eigenvalue weighted by molar-refractivity contribution is 0.0941. The molecule has 1 N–H and O–H groups in total. The number of piperidine rings is 1. The molecule has 0 aromatic heterocycles. The molecule has 1 aromatic rings. The number of aliphatic hydroxyl groups excluding tert-OH is 1. The van der Waals surface area contributed by atoms with E-state index in [4.69, 9.17) is 11.6 Å². The Balaban J connectivity index is 1.85. The van der Waals surface area contributed by atoms with E-state index in [0.717, 1.165) is 31.0 Å². The summed E-state index contributed by atoms with van der Waals surface area (Å²) in [6.45, 7) is 6.74. The minimum Gasteiger partial charge on any atom is -0.388 e. The molecule has 1 saturated heterocycles. The van der Waals surface area contributed by atoms with E-state index in [9.17, 15) is 5.11 Å². The van der Waals surface area contributed by atoms with Crippen LogP contribution in [0.5, 0.6) is 0 Å². The monoisotopic (exact) mass is 281 g/mol. The van der Waals surface area contributed by atoms with Crippen LogP contribution >= 0.6 is 11.6 Å². The molecule has 0 spiro atoms. The van der Waals surface area contributed by atoms with E-state index in [-0.39, 0.29) is 0 Å². The highest BCUT2D eigenvalue weighted by Gasteiger charge is 2.23. The lowest BCUT2D eigenvalue weighted by Crippen LogP contribution is -2.41. The highest BCUT2D eigenvalue weighted by atomic mass is 35.5. The molecule has 106 valence electrons. The van der Waals surface area contributed by atoms with Crippen LogP contribution in [0, 0.1) is 5.92 Å². The van der Waals surface area contributed by atoms with E-state index in [2.05, 4.69) is 18.7 Å². The summed E-state index contributed by atoms with van der Waals surface area (Å²) < 4.78 is 0. The average molecular weight is 282 g/mol. The maximum Gasteiger partial charge on any atom is 0.0802 e. The Hall–Kier alpha value is -0.570. The van der Waals surface area contributed by atoms with Gasteiger partial charge in [0.25, 0.3) is 0 Å². The van der Waals surface area contributed by atoms with Crippen molar-refractivity contribution < 1.29 is 5.11 Å². The van der Waals surface area contributed by atoms with Gasteiger partial charge in [0.1, 0.15) is 0 Å². The Kier molecular flexibility index (Phi) is 5.26. The van der Waals surface area contributed by atoms with Crippen molar-refractivity contribution in [2.45, 2.75) is 45.3 Å². The van der Waals surface area contributed by atoms with Crippen molar-refractivity contribution >= 4 is 11.6 Å². The summed E-state index contributed by atoms with van der Waals surface area (Å²) in [4.78, 5) is 2.49. The number of likely N-dealkylation sites (tertiary alicyclic amines) is 1. The Labute approximate surface area is 121 Å². The smallest absolute Gasteiger partial charge is 0.0802 e. The fourth-order valence-electron chi connectivity index (χ4n) is 2.96. The summed E-state index contributed by atoms with van der Waals surface area (Å²) in [5, 5.41) is 10.9. The van der Waals surface area contributed by atoms with Gasteiger partial charge in [0.15, 0.2) is 0 Å². The molecule has 2 rings (SSSR count). The van der Waals surface area contributed by atoms with Crippen LogP contribution in [0.4, 0.5) is 0 Å². The Bertz CT molecular complexity index is 409. The first kappa shape index (κ1) is 14.8. The third kappa shape index (κ3) is 4.20. The normalized spacial score (nSPS) is 26.3. The van der Waals surface area contributed by atoms with Gasteiger partial charge in [0, 0.05) is 17.6 Å². The lowest BCUT2D eigenvalue weighted by Gasteiger charge is -2.36. The van der Waals surface area contributed by atoms with Gasteiger partial charge in [-0.15, -0.1) is 0 Å². The predicted octanol–water partition coefficient (Wildman–Crippen LogP) is 3.88. The second-order valence-electron chi connectivity index (χ2n) is 5.87. The first-order chi connectivity index (χ1) is 9.06. The van der Waals surface area contributed by atoms with Crippen LogP contribution in [0.25, 0.3) is 0 Å². The molecular formula is C16H24ClNO. The molecule has 3 heteroatoms. The minimum absolute atomic E-state index is 0.412. The standard InChI is InChI=1S/C16H24ClNO/c1-12-6-8-18(13(2)10-12)9-7-16(19)14-4-3-5-15(17)11-14/h3-5,11-13,16,19H,6-10H2,1-2H3. The van der Waals surface area contributed by atoms with Crippen LogP contribution in [0.1, 0.15) is 44.8 Å². The fourth-order valence-corrected chi connectivity index (χ4v) is 3.16. The zero-order valence-electron chi connectivity index (χ0n) is 11.8.